The second-order valence-corrected chi connectivity index (χ2v) is 8.63. The van der Waals surface area contributed by atoms with Crippen LogP contribution < -0.4 is 0 Å². The lowest BCUT2D eigenvalue weighted by Crippen LogP contribution is -2.33. The lowest BCUT2D eigenvalue weighted by molar-refractivity contribution is -0.138. The fraction of sp³-hybridized carbons (Fsp3) is 0.211. The van der Waals surface area contributed by atoms with E-state index in [0.717, 1.165) is 0 Å². The summed E-state index contributed by atoms with van der Waals surface area (Å²) in [6, 6.07) is 11.9. The van der Waals surface area contributed by atoms with Crippen molar-refractivity contribution < 1.29 is 17.9 Å². The Kier molecular flexibility index (Phi) is 5.91. The minimum absolute atomic E-state index is 0.0519. The van der Waals surface area contributed by atoms with Crippen LogP contribution in [0.3, 0.4) is 0 Å². The summed E-state index contributed by atoms with van der Waals surface area (Å²) in [6.07, 6.45) is 1.58. The highest BCUT2D eigenvalue weighted by atomic mass is 35.5. The summed E-state index contributed by atoms with van der Waals surface area (Å²) in [5.41, 5.74) is 0.869. The Morgan fingerprint density at radius 3 is 2.48 bits per heavy atom. The molecule has 3 rings (SSSR count). The van der Waals surface area contributed by atoms with Gasteiger partial charge in [0.2, 0.25) is 10.0 Å². The molecule has 1 aliphatic rings. The summed E-state index contributed by atoms with van der Waals surface area (Å²) in [5.74, 6) is -0.545. The zero-order chi connectivity index (χ0) is 19.6. The Morgan fingerprint density at radius 1 is 1.15 bits per heavy atom. The molecule has 0 aliphatic carbocycles. The van der Waals surface area contributed by atoms with Crippen LogP contribution in [-0.4, -0.2) is 31.8 Å². The van der Waals surface area contributed by atoms with E-state index in [2.05, 4.69) is 0 Å². The van der Waals surface area contributed by atoms with E-state index in [1.807, 2.05) is 0 Å². The van der Waals surface area contributed by atoms with Gasteiger partial charge in [-0.25, -0.2) is 13.2 Å². The van der Waals surface area contributed by atoms with Crippen LogP contribution in [0.25, 0.3) is 0 Å². The molecule has 8 heteroatoms. The molecule has 2 aromatic carbocycles. The van der Waals surface area contributed by atoms with Gasteiger partial charge < -0.3 is 4.74 Å². The van der Waals surface area contributed by atoms with Gasteiger partial charge in [0.05, 0.1) is 23.1 Å². The second-order valence-electron chi connectivity index (χ2n) is 5.87. The molecule has 5 nitrogen and oxygen atoms in total. The molecular weight excluding hydrogens is 409 g/mol. The number of esters is 1. The highest BCUT2D eigenvalue weighted by molar-refractivity contribution is 7.89. The number of nitrogens with zero attached hydrogens (tertiary/aromatic N) is 1. The Labute approximate surface area is 168 Å². The molecule has 1 heterocycles. The van der Waals surface area contributed by atoms with Gasteiger partial charge in [0.1, 0.15) is 0 Å². The Balaban J connectivity index is 2.06. The molecule has 2 aromatic rings. The van der Waals surface area contributed by atoms with Crippen LogP contribution in [0, 0.1) is 0 Å². The van der Waals surface area contributed by atoms with Crippen LogP contribution in [0.4, 0.5) is 0 Å². The highest BCUT2D eigenvalue weighted by Crippen LogP contribution is 2.39. The highest BCUT2D eigenvalue weighted by Gasteiger charge is 2.41. The first-order valence-electron chi connectivity index (χ1n) is 8.24. The number of hydrogen-bond donors (Lipinski definition) is 0. The molecule has 0 saturated heterocycles. The van der Waals surface area contributed by atoms with Crippen LogP contribution in [0.1, 0.15) is 18.5 Å². The van der Waals surface area contributed by atoms with Crippen molar-refractivity contribution in [1.82, 2.24) is 4.31 Å². The van der Waals surface area contributed by atoms with Crippen LogP contribution in [0.2, 0.25) is 10.0 Å². The largest absolute Gasteiger partial charge is 0.463 e. The van der Waals surface area contributed by atoms with Gasteiger partial charge >= 0.3 is 5.97 Å². The fourth-order valence-electron chi connectivity index (χ4n) is 2.97. The summed E-state index contributed by atoms with van der Waals surface area (Å²) >= 11 is 12.0. The van der Waals surface area contributed by atoms with E-state index in [4.69, 9.17) is 27.9 Å². The number of rotatable bonds is 5. The summed E-state index contributed by atoms with van der Waals surface area (Å²) in [6.45, 7) is 1.95. The molecule has 0 amide bonds. The van der Waals surface area contributed by atoms with E-state index in [0.29, 0.717) is 15.6 Å². The van der Waals surface area contributed by atoms with E-state index in [1.165, 1.54) is 28.6 Å². The van der Waals surface area contributed by atoms with Crippen LogP contribution in [0.15, 0.2) is 65.1 Å². The second kappa shape index (κ2) is 8.02. The lowest BCUT2D eigenvalue weighted by atomic mass is 10.0. The third kappa shape index (κ3) is 4.04. The van der Waals surface area contributed by atoms with Gasteiger partial charge in [-0.1, -0.05) is 41.4 Å². The maximum absolute atomic E-state index is 13.2. The van der Waals surface area contributed by atoms with Crippen molar-refractivity contribution in [3.8, 4) is 0 Å². The normalized spacial score (nSPS) is 17.6. The maximum Gasteiger partial charge on any atom is 0.335 e. The van der Waals surface area contributed by atoms with Crippen molar-refractivity contribution in [2.45, 2.75) is 17.9 Å². The standard InChI is InChI=1S/C19H17Cl2NO4S/c1-2-26-19(23)17-10-11-22(18(17)13-4-3-5-15(21)12-13)27(24,25)16-8-6-14(20)7-9-16/h3-10,12,18H,2,11H2,1H3. The quantitative estimate of drug-likeness (QED) is 0.672. The van der Waals surface area contributed by atoms with E-state index >= 15 is 0 Å². The van der Waals surface area contributed by atoms with Gasteiger partial charge in [0, 0.05) is 16.6 Å². The van der Waals surface area contributed by atoms with Crippen LogP contribution in [0.5, 0.6) is 0 Å². The molecule has 0 bridgehead atoms. The average molecular weight is 426 g/mol. The summed E-state index contributed by atoms with van der Waals surface area (Å²) in [5, 5.41) is 0.888. The molecule has 0 radical (unpaired) electrons. The maximum atomic E-state index is 13.2. The molecule has 0 saturated carbocycles. The van der Waals surface area contributed by atoms with Crippen molar-refractivity contribution in [1.29, 1.82) is 0 Å². The molecular formula is C19H17Cl2NO4S. The van der Waals surface area contributed by atoms with E-state index in [-0.39, 0.29) is 23.6 Å². The Bertz CT molecular complexity index is 987. The zero-order valence-corrected chi connectivity index (χ0v) is 16.8. The summed E-state index contributed by atoms with van der Waals surface area (Å²) in [4.78, 5) is 12.5. The Hall–Kier alpha value is -1.86. The minimum Gasteiger partial charge on any atom is -0.463 e. The van der Waals surface area contributed by atoms with Gasteiger partial charge in [-0.05, 0) is 48.9 Å². The number of benzene rings is 2. The van der Waals surface area contributed by atoms with Crippen molar-refractivity contribution in [2.24, 2.45) is 0 Å². The van der Waals surface area contributed by atoms with Crippen molar-refractivity contribution in [3.63, 3.8) is 0 Å². The number of carbonyl (C=O) groups excluding carboxylic acids is 1. The smallest absolute Gasteiger partial charge is 0.335 e. The van der Waals surface area contributed by atoms with Crippen LogP contribution >= 0.6 is 23.2 Å². The van der Waals surface area contributed by atoms with E-state index in [1.54, 1.807) is 37.3 Å². The monoisotopic (exact) mass is 425 g/mol. The molecule has 142 valence electrons. The average Bonchev–Trinajstić information content (AvgIpc) is 3.08. The predicted octanol–water partition coefficient (Wildman–Crippen LogP) is 4.23. The minimum atomic E-state index is -3.88. The number of sulfonamides is 1. The molecule has 0 N–H and O–H groups in total. The third-order valence-corrected chi connectivity index (χ3v) is 6.50. The molecule has 0 aromatic heterocycles. The molecule has 1 atom stereocenters. The van der Waals surface area contributed by atoms with Gasteiger partial charge in [0.15, 0.2) is 0 Å². The number of hydrogen-bond acceptors (Lipinski definition) is 4. The first kappa shape index (κ1) is 19.9. The number of carbonyl (C=O) groups is 1. The predicted molar refractivity (Wildman–Crippen MR) is 104 cm³/mol. The van der Waals surface area contributed by atoms with Crippen molar-refractivity contribution in [2.75, 3.05) is 13.2 Å². The van der Waals surface area contributed by atoms with Gasteiger partial charge in [-0.3, -0.25) is 0 Å². The van der Waals surface area contributed by atoms with Crippen molar-refractivity contribution >= 4 is 39.2 Å². The van der Waals surface area contributed by atoms with Crippen LogP contribution in [-0.2, 0) is 19.6 Å². The number of ether oxygens (including phenoxy) is 1. The fourth-order valence-corrected chi connectivity index (χ4v) is 4.83. The van der Waals surface area contributed by atoms with Gasteiger partial charge in [-0.15, -0.1) is 0 Å². The zero-order valence-electron chi connectivity index (χ0n) is 14.4. The third-order valence-electron chi connectivity index (χ3n) is 4.17. The van der Waals surface area contributed by atoms with E-state index in [9.17, 15) is 13.2 Å². The molecule has 27 heavy (non-hydrogen) atoms. The first-order valence-corrected chi connectivity index (χ1v) is 10.4. The van der Waals surface area contributed by atoms with Crippen molar-refractivity contribution in [3.05, 3.63) is 75.8 Å². The molecule has 0 fully saturated rings. The SMILES string of the molecule is CCOC(=O)C1=CCN(S(=O)(=O)c2ccc(Cl)cc2)C1c1cccc(Cl)c1. The molecule has 1 unspecified atom stereocenters. The molecule has 0 spiro atoms. The Morgan fingerprint density at radius 2 is 1.85 bits per heavy atom. The topological polar surface area (TPSA) is 63.7 Å². The first-order chi connectivity index (χ1) is 12.8. The lowest BCUT2D eigenvalue weighted by Gasteiger charge is -2.26. The molecule has 1 aliphatic heterocycles. The summed E-state index contributed by atoms with van der Waals surface area (Å²) < 4.78 is 32.8. The number of halogens is 2. The van der Waals surface area contributed by atoms with Gasteiger partial charge in [0.25, 0.3) is 0 Å². The van der Waals surface area contributed by atoms with Gasteiger partial charge in [-0.2, -0.15) is 4.31 Å². The summed E-state index contributed by atoms with van der Waals surface area (Å²) in [7, 11) is -3.88. The van der Waals surface area contributed by atoms with E-state index < -0.39 is 22.0 Å².